The lowest BCUT2D eigenvalue weighted by atomic mass is 9.76. The summed E-state index contributed by atoms with van der Waals surface area (Å²) in [5.74, 6) is -3.74. The summed E-state index contributed by atoms with van der Waals surface area (Å²) in [6.45, 7) is 5.80. The van der Waals surface area contributed by atoms with Gasteiger partial charge in [-0.05, 0) is 83.9 Å². The Labute approximate surface area is 344 Å². The molecule has 2 saturated carbocycles. The Morgan fingerprint density at radius 1 is 1.10 bits per heavy atom. The van der Waals surface area contributed by atoms with Gasteiger partial charge in [0.25, 0.3) is 15.9 Å². The summed E-state index contributed by atoms with van der Waals surface area (Å²) < 4.78 is 107. The topological polar surface area (TPSA) is 173 Å². The maximum absolute atomic E-state index is 17.9. The largest absolute Gasteiger partial charge is 0.497 e. The van der Waals surface area contributed by atoms with Crippen molar-refractivity contribution in [2.45, 2.75) is 144 Å². The smallest absolute Gasteiger partial charge is 0.437 e. The zero-order chi connectivity index (χ0) is 43.4. The molecule has 2 saturated heterocycles. The van der Waals surface area contributed by atoms with Gasteiger partial charge in [0.1, 0.15) is 40.2 Å². The summed E-state index contributed by atoms with van der Waals surface area (Å²) in [6, 6.07) is 1.24. The predicted molar refractivity (Wildman–Crippen MR) is 207 cm³/mol. The summed E-state index contributed by atoms with van der Waals surface area (Å²) >= 11 is 0. The number of amides is 4. The van der Waals surface area contributed by atoms with E-state index >= 15 is 4.39 Å². The molecular weight excluding hydrogens is 815 g/mol. The maximum atomic E-state index is 17.9. The molecule has 4 fully saturated rings. The number of ether oxygens (including phenoxy) is 3. The Morgan fingerprint density at radius 2 is 1.83 bits per heavy atom. The molecule has 5 heterocycles. The van der Waals surface area contributed by atoms with Gasteiger partial charge in [0, 0.05) is 29.7 Å². The van der Waals surface area contributed by atoms with Crippen LogP contribution < -0.4 is 20.1 Å². The van der Waals surface area contributed by atoms with Gasteiger partial charge in [0.2, 0.25) is 11.8 Å². The van der Waals surface area contributed by atoms with Crippen LogP contribution in [0.25, 0.3) is 10.9 Å². The molecular formula is C41H49F4N5O9S. The van der Waals surface area contributed by atoms with Crippen molar-refractivity contribution in [2.75, 3.05) is 13.7 Å². The molecule has 1 aromatic carbocycles. The van der Waals surface area contributed by atoms with E-state index in [1.54, 1.807) is 26.8 Å². The van der Waals surface area contributed by atoms with Crippen molar-refractivity contribution >= 4 is 44.7 Å². The molecule has 0 unspecified atom stereocenters. The molecule has 2 aliphatic carbocycles. The maximum Gasteiger partial charge on any atom is 0.437 e. The van der Waals surface area contributed by atoms with Gasteiger partial charge in [-0.25, -0.2) is 26.9 Å². The number of benzene rings is 1. The van der Waals surface area contributed by atoms with E-state index in [0.717, 1.165) is 9.21 Å². The van der Waals surface area contributed by atoms with E-state index in [0.29, 0.717) is 25.7 Å². The van der Waals surface area contributed by atoms with Crippen LogP contribution in [0.15, 0.2) is 30.4 Å². The second-order valence-electron chi connectivity index (χ2n) is 18.1. The van der Waals surface area contributed by atoms with Crippen LogP contribution in [0, 0.1) is 5.92 Å². The molecule has 2 spiro atoms. The van der Waals surface area contributed by atoms with E-state index in [4.69, 9.17) is 14.2 Å². The van der Waals surface area contributed by atoms with Crippen LogP contribution in [-0.2, 0) is 41.0 Å². The summed E-state index contributed by atoms with van der Waals surface area (Å²) in [5, 5.41) is 5.43. The third-order valence-electron chi connectivity index (χ3n) is 12.7. The molecule has 2 aromatic rings. The van der Waals surface area contributed by atoms with Crippen LogP contribution in [0.3, 0.4) is 0 Å². The van der Waals surface area contributed by atoms with Gasteiger partial charge >= 0.3 is 12.3 Å². The number of pyridine rings is 1. The van der Waals surface area contributed by atoms with Crippen LogP contribution >= 0.6 is 0 Å². The van der Waals surface area contributed by atoms with Crippen LogP contribution in [0.1, 0.15) is 110 Å². The lowest BCUT2D eigenvalue weighted by Crippen LogP contribution is -2.57. The average Bonchev–Trinajstić information content (AvgIpc) is 4.11. The van der Waals surface area contributed by atoms with Gasteiger partial charge in [-0.2, -0.15) is 13.2 Å². The molecule has 60 heavy (non-hydrogen) atoms. The van der Waals surface area contributed by atoms with Crippen molar-refractivity contribution in [2.24, 2.45) is 5.92 Å². The Balaban J connectivity index is 1.23. The summed E-state index contributed by atoms with van der Waals surface area (Å²) in [5.41, 5.74) is -9.12. The zero-order valence-corrected chi connectivity index (χ0v) is 34.9. The number of allylic oxidation sites excluding steroid dienone is 1. The molecule has 14 nitrogen and oxygen atoms in total. The standard InChI is InChI=1S/C41H49F4N5O9S/c1-6-38(42)21-37(58-30-29(38)25-18-24(57-5)14-15-26(25)46-31(30)41(43,44)45)20-28-32(51)48-40(34(53)50-39(16-17-39)60(50,55)56)19-23(40)12-10-8-7-9-11-13-27(33(52)49(28)22-37)47-35(54)59-36(2,3)4/h10,12,14-15,18,23,27-28H,6-9,11,13,16-17,19-22H2,1-5H3,(H,47,54)(H,48,51)/b12-10-/t23-,27+,28+,37+,38+,40-,50?/m1/s1. The highest BCUT2D eigenvalue weighted by molar-refractivity contribution is 7.98. The number of fused-ring (bicyclic) bond motifs is 5. The molecule has 2 N–H and O–H groups in total. The minimum absolute atomic E-state index is 0.0339. The van der Waals surface area contributed by atoms with Gasteiger partial charge < -0.3 is 29.7 Å². The first-order valence-corrected chi connectivity index (χ1v) is 21.8. The van der Waals surface area contributed by atoms with Gasteiger partial charge in [-0.15, -0.1) is 0 Å². The lowest BCUT2D eigenvalue weighted by molar-refractivity contribution is -0.146. The highest BCUT2D eigenvalue weighted by Crippen LogP contribution is 2.65. The number of carbonyl (C=O) groups is 4. The number of methoxy groups -OCH3 is 1. The Kier molecular flexibility index (Phi) is 9.75. The summed E-state index contributed by atoms with van der Waals surface area (Å²) in [7, 11) is -2.55. The Bertz CT molecular complexity index is 2310. The van der Waals surface area contributed by atoms with E-state index in [-0.39, 0.29) is 54.3 Å². The van der Waals surface area contributed by atoms with Crippen LogP contribution in [-0.4, -0.2) is 93.8 Å². The van der Waals surface area contributed by atoms with E-state index in [2.05, 4.69) is 15.6 Å². The number of sulfonamides is 1. The van der Waals surface area contributed by atoms with Gasteiger partial charge in [-0.3, -0.25) is 14.4 Å². The number of rotatable bonds is 4. The van der Waals surface area contributed by atoms with Crippen LogP contribution in [0.2, 0.25) is 0 Å². The fourth-order valence-electron chi connectivity index (χ4n) is 9.44. The fourth-order valence-corrected chi connectivity index (χ4v) is 11.5. The minimum atomic E-state index is -5.12. The third kappa shape index (κ3) is 6.91. The number of hydrogen-bond acceptors (Lipinski definition) is 10. The molecule has 0 radical (unpaired) electrons. The van der Waals surface area contributed by atoms with Crippen molar-refractivity contribution in [1.82, 2.24) is 24.8 Å². The van der Waals surface area contributed by atoms with E-state index < -0.39 is 116 Å². The second kappa shape index (κ2) is 13.9. The van der Waals surface area contributed by atoms with Crippen molar-refractivity contribution in [3.63, 3.8) is 0 Å². The van der Waals surface area contributed by atoms with Gasteiger partial charge in [0.05, 0.1) is 19.2 Å². The molecule has 8 rings (SSSR count). The molecule has 326 valence electrons. The summed E-state index contributed by atoms with van der Waals surface area (Å²) in [6.07, 6.45) is -0.827. The van der Waals surface area contributed by atoms with E-state index in [9.17, 15) is 40.8 Å². The second-order valence-corrected chi connectivity index (χ2v) is 20.1. The normalized spacial score (nSPS) is 32.4. The molecule has 1 aromatic heterocycles. The first-order chi connectivity index (χ1) is 28.0. The number of aromatic nitrogens is 1. The van der Waals surface area contributed by atoms with E-state index in [1.807, 2.05) is 6.08 Å². The van der Waals surface area contributed by atoms with Crippen molar-refractivity contribution in [3.8, 4) is 11.5 Å². The summed E-state index contributed by atoms with van der Waals surface area (Å²) in [4.78, 5) is 60.6. The lowest BCUT2D eigenvalue weighted by Gasteiger charge is -2.44. The Morgan fingerprint density at radius 3 is 2.47 bits per heavy atom. The number of nitrogens with zero attached hydrogens (tertiary/aromatic N) is 3. The first-order valence-electron chi connectivity index (χ1n) is 20.4. The molecule has 6 atom stereocenters. The number of hydrogen-bond donors (Lipinski definition) is 2. The number of halogens is 4. The average molecular weight is 864 g/mol. The first kappa shape index (κ1) is 42.0. The highest BCUT2D eigenvalue weighted by atomic mass is 32.2. The fraction of sp³-hybridized carbons (Fsp3) is 0.634. The molecule has 0 bridgehead atoms. The SMILES string of the molecule is CC[C@]1(F)C[C@]2(C[C@H]3C(=O)N[C@]4(C(=O)N5C6(CC6)S5(=O)=O)C[C@H]4/C=C\CCCCC[C@H](NC(=O)OC(C)(C)C)C(=O)N3C2)Oc2c(C(F)(F)F)nc3ccc(OC)cc3c21. The van der Waals surface area contributed by atoms with Crippen LogP contribution in [0.4, 0.5) is 22.4 Å². The predicted octanol–water partition coefficient (Wildman–Crippen LogP) is 5.91. The van der Waals surface area contributed by atoms with E-state index in [1.165, 1.54) is 32.2 Å². The molecule has 19 heteroatoms. The number of alkyl halides is 4. The van der Waals surface area contributed by atoms with Crippen LogP contribution in [0.5, 0.6) is 11.5 Å². The minimum Gasteiger partial charge on any atom is -0.497 e. The number of nitrogens with one attached hydrogen (secondary N) is 2. The number of alkyl carbamates (subject to hydrolysis) is 1. The van der Waals surface area contributed by atoms with Crippen molar-refractivity contribution in [1.29, 1.82) is 0 Å². The van der Waals surface area contributed by atoms with Gasteiger partial charge in [0.15, 0.2) is 16.3 Å². The molecule has 4 aliphatic heterocycles. The van der Waals surface area contributed by atoms with Crippen molar-refractivity contribution < 1.29 is 59.4 Å². The third-order valence-corrected chi connectivity index (χ3v) is 15.1. The number of carbonyl (C=O) groups excluding carboxylic acids is 4. The molecule has 6 aliphatic rings. The van der Waals surface area contributed by atoms with Gasteiger partial charge in [-0.1, -0.05) is 31.9 Å². The highest BCUT2D eigenvalue weighted by Gasteiger charge is 2.83. The quantitative estimate of drug-likeness (QED) is 0.214. The monoisotopic (exact) mass is 863 g/mol. The van der Waals surface area contributed by atoms with Crippen molar-refractivity contribution in [3.05, 3.63) is 41.6 Å². The zero-order valence-electron chi connectivity index (χ0n) is 34.0. The molecule has 4 amide bonds. The Hall–Kier alpha value is -4.68.